The third-order valence-corrected chi connectivity index (χ3v) is 4.96. The van der Waals surface area contributed by atoms with E-state index in [1.54, 1.807) is 0 Å². The van der Waals surface area contributed by atoms with Crippen molar-refractivity contribution in [2.24, 2.45) is 0 Å². The highest BCUT2D eigenvalue weighted by molar-refractivity contribution is 8.08. The Bertz CT molecular complexity index is 343. The molecule has 0 radical (unpaired) electrons. The van der Waals surface area contributed by atoms with Crippen molar-refractivity contribution in [1.82, 2.24) is 5.32 Å². The zero-order chi connectivity index (χ0) is 11.6. The number of hydrogen-bond donors (Lipinski definition) is 2. The van der Waals surface area contributed by atoms with Crippen molar-refractivity contribution in [3.8, 4) is 0 Å². The first-order chi connectivity index (χ1) is 7.73. The van der Waals surface area contributed by atoms with Gasteiger partial charge in [0, 0.05) is 0 Å². The van der Waals surface area contributed by atoms with Gasteiger partial charge in [-0.1, -0.05) is 43.7 Å². The standard InChI is InChI=1S/C13H19NOS/c1-3-9-13(14-2)12(16-13)11(15)10-7-5-4-6-8-10/h4-8,11-12,14-15H,3,9H2,1-2H3. The maximum Gasteiger partial charge on any atom is 0.0935 e. The van der Waals surface area contributed by atoms with Crippen molar-refractivity contribution in [3.63, 3.8) is 0 Å². The summed E-state index contributed by atoms with van der Waals surface area (Å²) in [5.41, 5.74) is 1.02. The summed E-state index contributed by atoms with van der Waals surface area (Å²) in [6, 6.07) is 9.93. The van der Waals surface area contributed by atoms with Crippen LogP contribution in [0.1, 0.15) is 31.4 Å². The predicted octanol–water partition coefficient (Wildman–Crippen LogP) is 2.55. The molecular weight excluding hydrogens is 218 g/mol. The van der Waals surface area contributed by atoms with Gasteiger partial charge in [0.15, 0.2) is 0 Å². The van der Waals surface area contributed by atoms with Crippen LogP contribution < -0.4 is 5.32 Å². The average molecular weight is 237 g/mol. The molecule has 1 fully saturated rings. The van der Waals surface area contributed by atoms with Crippen LogP contribution in [-0.2, 0) is 0 Å². The van der Waals surface area contributed by atoms with Gasteiger partial charge in [0.25, 0.3) is 0 Å². The van der Waals surface area contributed by atoms with Crippen molar-refractivity contribution >= 4 is 11.8 Å². The Hall–Kier alpha value is -0.510. The summed E-state index contributed by atoms with van der Waals surface area (Å²) in [6.07, 6.45) is 1.90. The molecule has 1 aromatic rings. The monoisotopic (exact) mass is 237 g/mol. The van der Waals surface area contributed by atoms with Crippen LogP contribution in [-0.4, -0.2) is 22.3 Å². The second-order valence-electron chi connectivity index (χ2n) is 4.28. The smallest absolute Gasteiger partial charge is 0.0935 e. The third kappa shape index (κ3) is 2.12. The molecule has 0 aliphatic carbocycles. The Morgan fingerprint density at radius 1 is 1.44 bits per heavy atom. The van der Waals surface area contributed by atoms with E-state index in [0.717, 1.165) is 18.4 Å². The van der Waals surface area contributed by atoms with E-state index in [9.17, 15) is 5.11 Å². The minimum atomic E-state index is -0.356. The van der Waals surface area contributed by atoms with E-state index in [1.807, 2.05) is 49.1 Å². The molecule has 3 atom stereocenters. The summed E-state index contributed by atoms with van der Waals surface area (Å²) in [4.78, 5) is 0.101. The highest BCUT2D eigenvalue weighted by Crippen LogP contribution is 2.59. The fourth-order valence-corrected chi connectivity index (χ4v) is 3.71. The van der Waals surface area contributed by atoms with E-state index in [-0.39, 0.29) is 11.0 Å². The Labute approximate surface area is 101 Å². The van der Waals surface area contributed by atoms with E-state index in [0.29, 0.717) is 5.25 Å². The van der Waals surface area contributed by atoms with E-state index in [1.165, 1.54) is 0 Å². The molecule has 1 aliphatic heterocycles. The maximum absolute atomic E-state index is 10.3. The Morgan fingerprint density at radius 3 is 2.69 bits per heavy atom. The first-order valence-corrected chi connectivity index (χ1v) is 6.71. The molecule has 1 heterocycles. The Balaban J connectivity index is 2.06. The van der Waals surface area contributed by atoms with Gasteiger partial charge in [0.2, 0.25) is 0 Å². The summed E-state index contributed by atoms with van der Waals surface area (Å²) >= 11 is 1.85. The summed E-state index contributed by atoms with van der Waals surface area (Å²) in [5.74, 6) is 0. The number of benzene rings is 1. The van der Waals surface area contributed by atoms with Gasteiger partial charge in [-0.15, -0.1) is 11.8 Å². The van der Waals surface area contributed by atoms with Gasteiger partial charge in [0.05, 0.1) is 16.2 Å². The minimum Gasteiger partial charge on any atom is -0.387 e. The molecular formula is C13H19NOS. The first-order valence-electron chi connectivity index (χ1n) is 5.83. The van der Waals surface area contributed by atoms with Gasteiger partial charge < -0.3 is 10.4 Å². The summed E-state index contributed by atoms with van der Waals surface area (Å²) in [6.45, 7) is 2.18. The predicted molar refractivity (Wildman–Crippen MR) is 69.5 cm³/mol. The largest absolute Gasteiger partial charge is 0.387 e. The average Bonchev–Trinajstić information content (AvgIpc) is 3.05. The lowest BCUT2D eigenvalue weighted by Gasteiger charge is -2.16. The van der Waals surface area contributed by atoms with Gasteiger partial charge in [-0.05, 0) is 19.0 Å². The highest BCUT2D eigenvalue weighted by atomic mass is 32.2. The molecule has 88 valence electrons. The Kier molecular flexibility index (Phi) is 3.57. The maximum atomic E-state index is 10.3. The molecule has 1 saturated heterocycles. The van der Waals surface area contributed by atoms with Crippen molar-refractivity contribution in [3.05, 3.63) is 35.9 Å². The number of aliphatic hydroxyl groups excluding tert-OH is 1. The molecule has 3 unspecified atom stereocenters. The van der Waals surface area contributed by atoms with Gasteiger partial charge in [-0.3, -0.25) is 0 Å². The van der Waals surface area contributed by atoms with Gasteiger partial charge in [-0.2, -0.15) is 0 Å². The van der Waals surface area contributed by atoms with E-state index in [4.69, 9.17) is 0 Å². The van der Waals surface area contributed by atoms with Crippen LogP contribution in [0, 0.1) is 0 Å². The molecule has 16 heavy (non-hydrogen) atoms. The van der Waals surface area contributed by atoms with E-state index < -0.39 is 0 Å². The number of nitrogens with one attached hydrogen (secondary N) is 1. The van der Waals surface area contributed by atoms with Crippen LogP contribution >= 0.6 is 11.8 Å². The zero-order valence-electron chi connectivity index (χ0n) is 9.81. The van der Waals surface area contributed by atoms with E-state index >= 15 is 0 Å². The molecule has 0 aromatic heterocycles. The van der Waals surface area contributed by atoms with E-state index in [2.05, 4.69) is 12.2 Å². The minimum absolute atomic E-state index is 0.101. The first kappa shape index (κ1) is 12.0. The van der Waals surface area contributed by atoms with Crippen LogP contribution in [0.4, 0.5) is 0 Å². The van der Waals surface area contributed by atoms with Gasteiger partial charge in [-0.25, -0.2) is 0 Å². The van der Waals surface area contributed by atoms with Crippen molar-refractivity contribution in [1.29, 1.82) is 0 Å². The lowest BCUT2D eigenvalue weighted by atomic mass is 9.99. The quantitative estimate of drug-likeness (QED) is 0.772. The molecule has 2 nitrogen and oxygen atoms in total. The topological polar surface area (TPSA) is 32.3 Å². The number of hydrogen-bond acceptors (Lipinski definition) is 3. The molecule has 2 rings (SSSR count). The molecule has 2 N–H and O–H groups in total. The van der Waals surface area contributed by atoms with Crippen LogP contribution in [0.5, 0.6) is 0 Å². The molecule has 1 aromatic carbocycles. The van der Waals surface area contributed by atoms with Gasteiger partial charge in [0.1, 0.15) is 0 Å². The van der Waals surface area contributed by atoms with Crippen molar-refractivity contribution in [2.75, 3.05) is 7.05 Å². The second kappa shape index (κ2) is 4.78. The van der Waals surface area contributed by atoms with Crippen LogP contribution in [0.25, 0.3) is 0 Å². The van der Waals surface area contributed by atoms with Crippen LogP contribution in [0.2, 0.25) is 0 Å². The Morgan fingerprint density at radius 2 is 2.12 bits per heavy atom. The lowest BCUT2D eigenvalue weighted by Crippen LogP contribution is -2.33. The molecule has 0 bridgehead atoms. The summed E-state index contributed by atoms with van der Waals surface area (Å²) in [5, 5.41) is 13.9. The highest BCUT2D eigenvalue weighted by Gasteiger charge is 2.57. The fourth-order valence-electron chi connectivity index (χ4n) is 2.24. The third-order valence-electron chi connectivity index (χ3n) is 3.21. The molecule has 1 aliphatic rings. The number of rotatable bonds is 5. The number of aliphatic hydroxyl groups is 1. The zero-order valence-corrected chi connectivity index (χ0v) is 10.6. The van der Waals surface area contributed by atoms with Crippen molar-refractivity contribution < 1.29 is 5.11 Å². The normalized spacial score (nSPS) is 30.1. The van der Waals surface area contributed by atoms with Gasteiger partial charge >= 0.3 is 0 Å². The number of thioether (sulfide) groups is 1. The second-order valence-corrected chi connectivity index (χ2v) is 5.76. The molecule has 3 heteroatoms. The lowest BCUT2D eigenvalue weighted by molar-refractivity contribution is 0.168. The summed E-state index contributed by atoms with van der Waals surface area (Å²) < 4.78 is 0. The van der Waals surface area contributed by atoms with Crippen molar-refractivity contribution in [2.45, 2.75) is 36.0 Å². The van der Waals surface area contributed by atoms with Crippen LogP contribution in [0.3, 0.4) is 0 Å². The van der Waals surface area contributed by atoms with Crippen LogP contribution in [0.15, 0.2) is 30.3 Å². The molecule has 0 amide bonds. The molecule has 0 spiro atoms. The SMILES string of the molecule is CCCC1(NC)SC1C(O)c1ccccc1. The summed E-state index contributed by atoms with van der Waals surface area (Å²) in [7, 11) is 1.99. The fraction of sp³-hybridized carbons (Fsp3) is 0.538. The molecule has 0 saturated carbocycles.